The zero-order valence-electron chi connectivity index (χ0n) is 22.8. The second-order valence-corrected chi connectivity index (χ2v) is 11.2. The Morgan fingerprint density at radius 3 is 2.67 bits per heavy atom. The first-order chi connectivity index (χ1) is 17.2. The van der Waals surface area contributed by atoms with Crippen LogP contribution in [0.5, 0.6) is 0 Å². The van der Waals surface area contributed by atoms with E-state index in [1.54, 1.807) is 12.3 Å². The van der Waals surface area contributed by atoms with Crippen molar-refractivity contribution in [3.63, 3.8) is 0 Å². The smallest absolute Gasteiger partial charge is 0.255 e. The molecule has 1 aromatic carbocycles. The van der Waals surface area contributed by atoms with Crippen LogP contribution in [0.15, 0.2) is 30.5 Å². The molecular formula is C30H47N3O3. The first-order valence-corrected chi connectivity index (χ1v) is 14.1. The molecule has 6 heteroatoms. The van der Waals surface area contributed by atoms with Crippen molar-refractivity contribution in [3.05, 3.63) is 36.0 Å². The molecule has 1 amide bonds. The van der Waals surface area contributed by atoms with Gasteiger partial charge in [-0.2, -0.15) is 0 Å². The molecule has 0 radical (unpaired) electrons. The van der Waals surface area contributed by atoms with Gasteiger partial charge in [0.2, 0.25) is 0 Å². The van der Waals surface area contributed by atoms with E-state index in [9.17, 15) is 15.0 Å². The van der Waals surface area contributed by atoms with E-state index in [-0.39, 0.29) is 0 Å². The molecule has 0 unspecified atom stereocenters. The van der Waals surface area contributed by atoms with Crippen LogP contribution in [0.25, 0.3) is 10.9 Å². The lowest BCUT2D eigenvalue weighted by atomic mass is 9.80. The molecule has 1 saturated heterocycles. The fraction of sp³-hybridized carbons (Fsp3) is 0.667. The van der Waals surface area contributed by atoms with Gasteiger partial charge in [0.25, 0.3) is 5.91 Å². The van der Waals surface area contributed by atoms with Crippen molar-refractivity contribution < 1.29 is 15.0 Å². The highest BCUT2D eigenvalue weighted by atomic mass is 16.3. The maximum Gasteiger partial charge on any atom is 0.255 e. The SMILES string of the molecule is CCCCCCCN1CC[C@@H](CC[C@@H](O)c2ccnc3ccc(NC(=O)C(C)(C)O)cc23)[C@@H](CC)C1. The van der Waals surface area contributed by atoms with Gasteiger partial charge in [0, 0.05) is 23.8 Å². The Labute approximate surface area is 217 Å². The van der Waals surface area contributed by atoms with Gasteiger partial charge in [-0.1, -0.05) is 46.0 Å². The van der Waals surface area contributed by atoms with Gasteiger partial charge in [-0.3, -0.25) is 9.78 Å². The van der Waals surface area contributed by atoms with Crippen molar-refractivity contribution in [3.8, 4) is 0 Å². The van der Waals surface area contributed by atoms with Gasteiger partial charge in [0.05, 0.1) is 11.6 Å². The van der Waals surface area contributed by atoms with Crippen molar-refractivity contribution >= 4 is 22.5 Å². The van der Waals surface area contributed by atoms with Gasteiger partial charge in [-0.15, -0.1) is 0 Å². The quantitative estimate of drug-likeness (QED) is 0.292. The molecule has 200 valence electrons. The highest BCUT2D eigenvalue weighted by Gasteiger charge is 2.28. The largest absolute Gasteiger partial charge is 0.388 e. The summed E-state index contributed by atoms with van der Waals surface area (Å²) in [4.78, 5) is 19.3. The standard InChI is InChI=1S/C30H47N3O3/c1-5-7-8-9-10-18-33-19-16-23(22(6-2)21-33)11-14-28(34)25-15-17-31-27-13-12-24(20-26(25)27)32-29(35)30(3,4)36/h12-13,15,17,20,22-23,28,34,36H,5-11,14,16,18-19,21H2,1-4H3,(H,32,35)/t22-,23+,28+/m0/s1. The summed E-state index contributed by atoms with van der Waals surface area (Å²) >= 11 is 0. The lowest BCUT2D eigenvalue weighted by molar-refractivity contribution is -0.130. The average molecular weight is 498 g/mol. The molecule has 3 N–H and O–H groups in total. The highest BCUT2D eigenvalue weighted by Crippen LogP contribution is 2.34. The number of unbranched alkanes of at least 4 members (excludes halogenated alkanes) is 4. The normalized spacial score (nSPS) is 19.9. The number of aliphatic hydroxyl groups is 2. The topological polar surface area (TPSA) is 85.7 Å². The van der Waals surface area contributed by atoms with Crippen LogP contribution in [0.1, 0.15) is 97.1 Å². The van der Waals surface area contributed by atoms with Crippen molar-refractivity contribution in [2.24, 2.45) is 11.8 Å². The number of pyridine rings is 1. The number of likely N-dealkylation sites (tertiary alicyclic amines) is 1. The van der Waals surface area contributed by atoms with Crippen LogP contribution in [-0.2, 0) is 4.79 Å². The number of hydrogen-bond acceptors (Lipinski definition) is 5. The van der Waals surface area contributed by atoms with E-state index in [1.807, 2.05) is 18.2 Å². The second-order valence-electron chi connectivity index (χ2n) is 11.2. The van der Waals surface area contributed by atoms with Crippen LogP contribution in [-0.4, -0.2) is 51.2 Å². The molecule has 0 spiro atoms. The predicted molar refractivity (Wildman–Crippen MR) is 148 cm³/mol. The van der Waals surface area contributed by atoms with E-state index in [2.05, 4.69) is 29.0 Å². The summed E-state index contributed by atoms with van der Waals surface area (Å²) in [6, 6.07) is 7.35. The third-order valence-corrected chi connectivity index (χ3v) is 7.84. The summed E-state index contributed by atoms with van der Waals surface area (Å²) in [5.41, 5.74) is 0.750. The summed E-state index contributed by atoms with van der Waals surface area (Å²) in [5.74, 6) is 0.876. The number of rotatable bonds is 13. The molecule has 36 heavy (non-hydrogen) atoms. The van der Waals surface area contributed by atoms with Crippen LogP contribution in [0, 0.1) is 11.8 Å². The van der Waals surface area contributed by atoms with Gasteiger partial charge in [0.1, 0.15) is 5.60 Å². The minimum Gasteiger partial charge on any atom is -0.388 e. The van der Waals surface area contributed by atoms with Crippen LogP contribution in [0.3, 0.4) is 0 Å². The zero-order valence-corrected chi connectivity index (χ0v) is 22.8. The maximum absolute atomic E-state index is 12.2. The number of piperidine rings is 1. The predicted octanol–water partition coefficient (Wildman–Crippen LogP) is 6.08. The summed E-state index contributed by atoms with van der Waals surface area (Å²) in [7, 11) is 0. The van der Waals surface area contributed by atoms with E-state index >= 15 is 0 Å². The number of anilines is 1. The number of nitrogens with zero attached hydrogens (tertiary/aromatic N) is 2. The van der Waals surface area contributed by atoms with Crippen LogP contribution in [0.2, 0.25) is 0 Å². The highest BCUT2D eigenvalue weighted by molar-refractivity contribution is 5.98. The average Bonchev–Trinajstić information content (AvgIpc) is 2.86. The Morgan fingerprint density at radius 2 is 1.94 bits per heavy atom. The molecule has 2 aromatic rings. The second kappa shape index (κ2) is 13.5. The van der Waals surface area contributed by atoms with Crippen molar-refractivity contribution in [2.75, 3.05) is 25.0 Å². The minimum absolute atomic E-state index is 0.467. The van der Waals surface area contributed by atoms with E-state index in [0.29, 0.717) is 17.5 Å². The lowest BCUT2D eigenvalue weighted by Crippen LogP contribution is -2.40. The van der Waals surface area contributed by atoms with E-state index in [4.69, 9.17) is 0 Å². The molecule has 1 aliphatic heterocycles. The number of fused-ring (bicyclic) bond motifs is 1. The Hall–Kier alpha value is -2.02. The third-order valence-electron chi connectivity index (χ3n) is 7.84. The monoisotopic (exact) mass is 497 g/mol. The minimum atomic E-state index is -1.47. The molecule has 1 fully saturated rings. The molecule has 0 aliphatic carbocycles. The first kappa shape index (κ1) is 28.5. The van der Waals surface area contributed by atoms with Crippen molar-refractivity contribution in [1.29, 1.82) is 0 Å². The maximum atomic E-state index is 12.2. The van der Waals surface area contributed by atoms with E-state index in [1.165, 1.54) is 78.4 Å². The van der Waals surface area contributed by atoms with Gasteiger partial charge in [0.15, 0.2) is 0 Å². The first-order valence-electron chi connectivity index (χ1n) is 14.1. The Kier molecular flexibility index (Phi) is 10.7. The van der Waals surface area contributed by atoms with Crippen LogP contribution in [0.4, 0.5) is 5.69 Å². The van der Waals surface area contributed by atoms with Crippen molar-refractivity contribution in [2.45, 2.75) is 97.2 Å². The summed E-state index contributed by atoms with van der Waals surface area (Å²) < 4.78 is 0. The lowest BCUT2D eigenvalue weighted by Gasteiger charge is -2.39. The van der Waals surface area contributed by atoms with Gasteiger partial charge in [-0.25, -0.2) is 0 Å². The van der Waals surface area contributed by atoms with Crippen LogP contribution >= 0.6 is 0 Å². The summed E-state index contributed by atoms with van der Waals surface area (Å²) in [6.45, 7) is 11.1. The molecule has 2 heterocycles. The molecule has 0 bridgehead atoms. The number of hydrogen-bond donors (Lipinski definition) is 3. The molecule has 3 atom stereocenters. The number of benzene rings is 1. The molecule has 0 saturated carbocycles. The van der Waals surface area contributed by atoms with Gasteiger partial charge >= 0.3 is 0 Å². The number of nitrogens with one attached hydrogen (secondary N) is 1. The molecule has 6 nitrogen and oxygen atoms in total. The number of aliphatic hydroxyl groups excluding tert-OH is 1. The molecular weight excluding hydrogens is 450 g/mol. The van der Waals surface area contributed by atoms with Crippen molar-refractivity contribution in [1.82, 2.24) is 9.88 Å². The Morgan fingerprint density at radius 1 is 1.17 bits per heavy atom. The van der Waals surface area contributed by atoms with E-state index < -0.39 is 17.6 Å². The van der Waals surface area contributed by atoms with Gasteiger partial charge in [-0.05, 0) is 94.3 Å². The summed E-state index contributed by atoms with van der Waals surface area (Å²) in [6.07, 6.45) is 12.0. The molecule has 1 aliphatic rings. The third kappa shape index (κ3) is 7.99. The fourth-order valence-corrected chi connectivity index (χ4v) is 5.49. The number of carbonyl (C=O) groups is 1. The van der Waals surface area contributed by atoms with Crippen LogP contribution < -0.4 is 5.32 Å². The fourth-order valence-electron chi connectivity index (χ4n) is 5.49. The molecule has 3 rings (SSSR count). The molecule has 1 aromatic heterocycles. The number of aromatic nitrogens is 1. The Bertz CT molecular complexity index is 972. The van der Waals surface area contributed by atoms with E-state index in [0.717, 1.165) is 29.3 Å². The summed E-state index contributed by atoms with van der Waals surface area (Å²) in [5, 5.41) is 24.7. The van der Waals surface area contributed by atoms with Gasteiger partial charge < -0.3 is 20.4 Å². The Balaban J connectivity index is 1.59. The zero-order chi connectivity index (χ0) is 26.1. The number of amides is 1. The number of carbonyl (C=O) groups excluding carboxylic acids is 1.